The standard InChI is InChI=1S/C17H15FN2O2S/c1-12-19-20-17(23-12)11-22-16-8-3-2-7-15(16)21-10-13-5-4-6-14(18)9-13/h2-9H,10-11H2,1H3. The van der Waals surface area contributed by atoms with Gasteiger partial charge in [-0.2, -0.15) is 0 Å². The molecule has 3 aromatic rings. The van der Waals surface area contributed by atoms with E-state index in [9.17, 15) is 4.39 Å². The van der Waals surface area contributed by atoms with E-state index < -0.39 is 0 Å². The zero-order valence-corrected chi connectivity index (χ0v) is 13.3. The summed E-state index contributed by atoms with van der Waals surface area (Å²) in [5.74, 6) is 0.956. The lowest BCUT2D eigenvalue weighted by molar-refractivity contribution is 0.255. The van der Waals surface area contributed by atoms with E-state index in [1.807, 2.05) is 37.3 Å². The summed E-state index contributed by atoms with van der Waals surface area (Å²) < 4.78 is 24.7. The molecule has 0 spiro atoms. The molecule has 23 heavy (non-hydrogen) atoms. The summed E-state index contributed by atoms with van der Waals surface area (Å²) >= 11 is 1.49. The van der Waals surface area contributed by atoms with Crippen molar-refractivity contribution < 1.29 is 13.9 Å². The number of benzene rings is 2. The average molecular weight is 330 g/mol. The summed E-state index contributed by atoms with van der Waals surface area (Å²) in [7, 11) is 0. The van der Waals surface area contributed by atoms with E-state index in [2.05, 4.69) is 10.2 Å². The van der Waals surface area contributed by atoms with Crippen LogP contribution in [0.3, 0.4) is 0 Å². The van der Waals surface area contributed by atoms with Crippen molar-refractivity contribution in [1.29, 1.82) is 0 Å². The lowest BCUT2D eigenvalue weighted by Gasteiger charge is -2.12. The van der Waals surface area contributed by atoms with Crippen molar-refractivity contribution >= 4 is 11.3 Å². The molecule has 6 heteroatoms. The van der Waals surface area contributed by atoms with Gasteiger partial charge in [0.25, 0.3) is 0 Å². The molecular weight excluding hydrogens is 315 g/mol. The summed E-state index contributed by atoms with van der Waals surface area (Å²) in [4.78, 5) is 0. The molecule has 0 fully saturated rings. The highest BCUT2D eigenvalue weighted by Crippen LogP contribution is 2.28. The number of rotatable bonds is 6. The molecule has 0 bridgehead atoms. The number of nitrogens with zero attached hydrogens (tertiary/aromatic N) is 2. The summed E-state index contributed by atoms with van der Waals surface area (Å²) in [5, 5.41) is 9.69. The maximum absolute atomic E-state index is 13.2. The van der Waals surface area contributed by atoms with Crippen LogP contribution in [-0.4, -0.2) is 10.2 Å². The van der Waals surface area contributed by atoms with E-state index >= 15 is 0 Å². The summed E-state index contributed by atoms with van der Waals surface area (Å²) in [6, 6.07) is 13.7. The van der Waals surface area contributed by atoms with Crippen molar-refractivity contribution in [2.75, 3.05) is 0 Å². The van der Waals surface area contributed by atoms with Crippen LogP contribution in [0, 0.1) is 12.7 Å². The SMILES string of the molecule is Cc1nnc(COc2ccccc2OCc2cccc(F)c2)s1. The Bertz CT molecular complexity index is 792. The van der Waals surface area contributed by atoms with Gasteiger partial charge in [-0.1, -0.05) is 35.6 Å². The van der Waals surface area contributed by atoms with Crippen molar-refractivity contribution in [3.8, 4) is 11.5 Å². The highest BCUT2D eigenvalue weighted by atomic mass is 32.1. The predicted molar refractivity (Wildman–Crippen MR) is 86.2 cm³/mol. The van der Waals surface area contributed by atoms with Gasteiger partial charge in [0.1, 0.15) is 24.0 Å². The average Bonchev–Trinajstić information content (AvgIpc) is 2.97. The van der Waals surface area contributed by atoms with Crippen molar-refractivity contribution in [2.24, 2.45) is 0 Å². The Labute approximate surface area is 137 Å². The third kappa shape index (κ3) is 4.26. The minimum Gasteiger partial charge on any atom is -0.485 e. The Hall–Kier alpha value is -2.47. The first kappa shape index (κ1) is 15.4. The summed E-state index contributed by atoms with van der Waals surface area (Å²) in [6.45, 7) is 2.51. The van der Waals surface area contributed by atoms with Gasteiger partial charge in [-0.3, -0.25) is 0 Å². The number of hydrogen-bond donors (Lipinski definition) is 0. The zero-order chi connectivity index (χ0) is 16.1. The number of aromatic nitrogens is 2. The van der Waals surface area contributed by atoms with Crippen molar-refractivity contribution in [1.82, 2.24) is 10.2 Å². The highest BCUT2D eigenvalue weighted by Gasteiger charge is 2.07. The molecule has 118 valence electrons. The fraction of sp³-hybridized carbons (Fsp3) is 0.176. The van der Waals surface area contributed by atoms with Gasteiger partial charge in [0.05, 0.1) is 0 Å². The van der Waals surface area contributed by atoms with Crippen LogP contribution in [0.1, 0.15) is 15.6 Å². The lowest BCUT2D eigenvalue weighted by Crippen LogP contribution is -2.00. The Balaban J connectivity index is 1.65. The van der Waals surface area contributed by atoms with Crippen LogP contribution in [0.2, 0.25) is 0 Å². The van der Waals surface area contributed by atoms with Crippen molar-refractivity contribution in [3.05, 3.63) is 69.9 Å². The number of halogens is 1. The number of ether oxygens (including phenoxy) is 2. The van der Waals surface area contributed by atoms with Gasteiger partial charge in [-0.15, -0.1) is 10.2 Å². The minimum absolute atomic E-state index is 0.274. The predicted octanol–water partition coefficient (Wildman–Crippen LogP) is 4.14. The molecule has 0 saturated carbocycles. The number of hydrogen-bond acceptors (Lipinski definition) is 5. The normalized spacial score (nSPS) is 10.5. The van der Waals surface area contributed by atoms with Gasteiger partial charge in [-0.25, -0.2) is 4.39 Å². The Kier molecular flexibility index (Phi) is 4.83. The second-order valence-electron chi connectivity index (χ2n) is 4.87. The molecule has 0 saturated heterocycles. The Morgan fingerprint density at radius 2 is 1.70 bits per heavy atom. The van der Waals surface area contributed by atoms with Crippen molar-refractivity contribution in [3.63, 3.8) is 0 Å². The summed E-state index contributed by atoms with van der Waals surface area (Å²) in [6.07, 6.45) is 0. The van der Waals surface area contributed by atoms with E-state index in [0.29, 0.717) is 18.1 Å². The first-order chi connectivity index (χ1) is 11.2. The maximum atomic E-state index is 13.2. The second-order valence-corrected chi connectivity index (χ2v) is 6.14. The van der Waals surface area contributed by atoms with Gasteiger partial charge in [0.2, 0.25) is 0 Å². The van der Waals surface area contributed by atoms with E-state index in [4.69, 9.17) is 9.47 Å². The molecule has 0 atom stereocenters. The molecule has 0 aliphatic heterocycles. The molecule has 1 aromatic heterocycles. The number of para-hydroxylation sites is 2. The van der Waals surface area contributed by atoms with Gasteiger partial charge >= 0.3 is 0 Å². The molecule has 0 aliphatic rings. The first-order valence-electron chi connectivity index (χ1n) is 7.09. The van der Waals surface area contributed by atoms with E-state index in [0.717, 1.165) is 15.6 Å². The van der Waals surface area contributed by atoms with Crippen LogP contribution in [0.15, 0.2) is 48.5 Å². The van der Waals surface area contributed by atoms with Crippen molar-refractivity contribution in [2.45, 2.75) is 20.1 Å². The quantitative estimate of drug-likeness (QED) is 0.681. The Morgan fingerprint density at radius 1 is 0.957 bits per heavy atom. The minimum atomic E-state index is -0.276. The smallest absolute Gasteiger partial charge is 0.161 e. The zero-order valence-electron chi connectivity index (χ0n) is 12.5. The molecule has 0 radical (unpaired) electrons. The van der Waals surface area contributed by atoms with E-state index in [-0.39, 0.29) is 12.4 Å². The van der Waals surface area contributed by atoms with E-state index in [1.54, 1.807) is 6.07 Å². The van der Waals surface area contributed by atoms with Crippen LogP contribution < -0.4 is 9.47 Å². The molecule has 2 aromatic carbocycles. The van der Waals surface area contributed by atoms with E-state index in [1.165, 1.54) is 23.5 Å². The van der Waals surface area contributed by atoms with Gasteiger partial charge in [0.15, 0.2) is 16.5 Å². The molecule has 0 N–H and O–H groups in total. The Morgan fingerprint density at radius 3 is 2.35 bits per heavy atom. The maximum Gasteiger partial charge on any atom is 0.161 e. The molecule has 1 heterocycles. The second kappa shape index (κ2) is 7.19. The van der Waals surface area contributed by atoms with Crippen LogP contribution in [-0.2, 0) is 13.2 Å². The largest absolute Gasteiger partial charge is 0.485 e. The first-order valence-corrected chi connectivity index (χ1v) is 7.90. The molecular formula is C17H15FN2O2S. The topological polar surface area (TPSA) is 44.2 Å². The fourth-order valence-electron chi connectivity index (χ4n) is 2.01. The third-order valence-electron chi connectivity index (χ3n) is 3.05. The van der Waals surface area contributed by atoms with Crippen LogP contribution in [0.4, 0.5) is 4.39 Å². The molecule has 0 unspecified atom stereocenters. The molecule has 0 amide bonds. The lowest BCUT2D eigenvalue weighted by atomic mass is 10.2. The van der Waals surface area contributed by atoms with Gasteiger partial charge in [-0.05, 0) is 36.8 Å². The van der Waals surface area contributed by atoms with Crippen LogP contribution >= 0.6 is 11.3 Å². The molecule has 0 aliphatic carbocycles. The van der Waals surface area contributed by atoms with Crippen LogP contribution in [0.25, 0.3) is 0 Å². The van der Waals surface area contributed by atoms with Crippen LogP contribution in [0.5, 0.6) is 11.5 Å². The fourth-order valence-corrected chi connectivity index (χ4v) is 2.63. The van der Waals surface area contributed by atoms with Gasteiger partial charge < -0.3 is 9.47 Å². The molecule has 3 rings (SSSR count). The molecule has 4 nitrogen and oxygen atoms in total. The summed E-state index contributed by atoms with van der Waals surface area (Å²) in [5.41, 5.74) is 0.763. The monoisotopic (exact) mass is 330 g/mol. The third-order valence-corrected chi connectivity index (χ3v) is 3.86. The highest BCUT2D eigenvalue weighted by molar-refractivity contribution is 7.11. The number of aryl methyl sites for hydroxylation is 1. The van der Waals surface area contributed by atoms with Gasteiger partial charge in [0, 0.05) is 0 Å².